The molecule has 0 saturated heterocycles. The van der Waals surface area contributed by atoms with Crippen LogP contribution in [0.5, 0.6) is 5.75 Å². The minimum absolute atomic E-state index is 0.223. The van der Waals surface area contributed by atoms with Gasteiger partial charge in [-0.1, -0.05) is 46.9 Å². The van der Waals surface area contributed by atoms with Crippen molar-refractivity contribution in [1.82, 2.24) is 5.32 Å². The van der Waals surface area contributed by atoms with E-state index in [4.69, 9.17) is 39.5 Å². The molecule has 3 nitrogen and oxygen atoms in total. The summed E-state index contributed by atoms with van der Waals surface area (Å²) in [5.74, 6) is -0.396. The van der Waals surface area contributed by atoms with Crippen molar-refractivity contribution in [2.75, 3.05) is 6.61 Å². The number of benzene rings is 2. The molecule has 7 heteroatoms. The lowest BCUT2D eigenvalue weighted by Crippen LogP contribution is -2.28. The van der Waals surface area contributed by atoms with Crippen molar-refractivity contribution in [2.24, 2.45) is 0 Å². The summed E-state index contributed by atoms with van der Waals surface area (Å²) in [6.07, 6.45) is 0. The lowest BCUT2D eigenvalue weighted by Gasteiger charge is -2.10. The summed E-state index contributed by atoms with van der Waals surface area (Å²) in [7, 11) is 0. The topological polar surface area (TPSA) is 38.3 Å². The molecule has 116 valence electrons. The minimum atomic E-state index is -0.341. The van der Waals surface area contributed by atoms with Crippen LogP contribution in [0.15, 0.2) is 36.4 Å². The Hall–Kier alpha value is -1.49. The van der Waals surface area contributed by atoms with Crippen LogP contribution < -0.4 is 10.1 Å². The third-order valence-electron chi connectivity index (χ3n) is 2.74. The fourth-order valence-corrected chi connectivity index (χ4v) is 2.20. The summed E-state index contributed by atoms with van der Waals surface area (Å²) in [5.41, 5.74) is 0.780. The van der Waals surface area contributed by atoms with Gasteiger partial charge in [-0.15, -0.1) is 0 Å². The zero-order valence-corrected chi connectivity index (χ0v) is 13.5. The Morgan fingerprint density at radius 3 is 2.36 bits per heavy atom. The molecule has 0 atom stereocenters. The van der Waals surface area contributed by atoms with E-state index in [0.29, 0.717) is 5.02 Å². The third kappa shape index (κ3) is 4.77. The molecule has 1 N–H and O–H groups in total. The second-order valence-electron chi connectivity index (χ2n) is 4.39. The number of ether oxygens (including phenoxy) is 1. The van der Waals surface area contributed by atoms with Crippen molar-refractivity contribution in [3.05, 3.63) is 62.8 Å². The zero-order valence-electron chi connectivity index (χ0n) is 11.2. The van der Waals surface area contributed by atoms with Crippen LogP contribution in [0.2, 0.25) is 15.1 Å². The molecule has 0 saturated carbocycles. The average molecular weight is 363 g/mol. The molecule has 0 aliphatic rings. The van der Waals surface area contributed by atoms with E-state index < -0.39 is 0 Å². The monoisotopic (exact) mass is 361 g/mol. The van der Waals surface area contributed by atoms with Gasteiger partial charge in [-0.05, 0) is 23.8 Å². The molecule has 2 rings (SSSR count). The van der Waals surface area contributed by atoms with Crippen molar-refractivity contribution < 1.29 is 13.9 Å². The Morgan fingerprint density at radius 2 is 1.68 bits per heavy atom. The summed E-state index contributed by atoms with van der Waals surface area (Å²) in [4.78, 5) is 11.7. The number of nitrogens with one attached hydrogen (secondary N) is 1. The highest BCUT2D eigenvalue weighted by molar-refractivity contribution is 6.43. The molecule has 0 unspecified atom stereocenters. The molecule has 0 aliphatic heterocycles. The SMILES string of the molecule is O=C(COc1cc(Cl)c(Cl)cc1Cl)NCc1ccc(F)cc1. The fraction of sp³-hybridized carbons (Fsp3) is 0.133. The Kier molecular flexibility index (Phi) is 5.89. The molecule has 1 amide bonds. The van der Waals surface area contributed by atoms with E-state index in [2.05, 4.69) is 5.32 Å². The van der Waals surface area contributed by atoms with Crippen LogP contribution in [0.25, 0.3) is 0 Å². The van der Waals surface area contributed by atoms with E-state index in [0.717, 1.165) is 5.56 Å². The Morgan fingerprint density at radius 1 is 1.05 bits per heavy atom. The zero-order chi connectivity index (χ0) is 16.1. The van der Waals surface area contributed by atoms with Gasteiger partial charge >= 0.3 is 0 Å². The van der Waals surface area contributed by atoms with Gasteiger partial charge in [0.2, 0.25) is 0 Å². The van der Waals surface area contributed by atoms with Gasteiger partial charge in [-0.3, -0.25) is 4.79 Å². The van der Waals surface area contributed by atoms with Gasteiger partial charge < -0.3 is 10.1 Å². The first-order chi connectivity index (χ1) is 10.5. The maximum absolute atomic E-state index is 12.8. The number of amides is 1. The lowest BCUT2D eigenvalue weighted by atomic mass is 10.2. The number of hydrogen-bond donors (Lipinski definition) is 1. The van der Waals surface area contributed by atoms with E-state index in [-0.39, 0.29) is 40.7 Å². The minimum Gasteiger partial charge on any atom is -0.482 e. The first-order valence-electron chi connectivity index (χ1n) is 6.24. The van der Waals surface area contributed by atoms with Gasteiger partial charge in [0.25, 0.3) is 5.91 Å². The van der Waals surface area contributed by atoms with Crippen molar-refractivity contribution in [1.29, 1.82) is 0 Å². The predicted octanol–water partition coefficient (Wildman–Crippen LogP) is 4.48. The van der Waals surface area contributed by atoms with Crippen LogP contribution >= 0.6 is 34.8 Å². The maximum atomic E-state index is 12.8. The first kappa shape index (κ1) is 16.9. The number of rotatable bonds is 5. The lowest BCUT2D eigenvalue weighted by molar-refractivity contribution is -0.123. The van der Waals surface area contributed by atoms with E-state index in [1.165, 1.54) is 24.3 Å². The smallest absolute Gasteiger partial charge is 0.258 e. The van der Waals surface area contributed by atoms with Gasteiger partial charge in [0, 0.05) is 12.6 Å². The Bertz CT molecular complexity index is 677. The molecule has 0 radical (unpaired) electrons. The summed E-state index contributed by atoms with van der Waals surface area (Å²) in [6.45, 7) is 0.0520. The van der Waals surface area contributed by atoms with Crippen LogP contribution in [0.4, 0.5) is 4.39 Å². The van der Waals surface area contributed by atoms with Crippen LogP contribution in [0, 0.1) is 5.82 Å². The van der Waals surface area contributed by atoms with Crippen LogP contribution in [0.1, 0.15) is 5.56 Å². The van der Waals surface area contributed by atoms with Crippen molar-refractivity contribution in [3.8, 4) is 5.75 Å². The molecule has 0 aliphatic carbocycles. The summed E-state index contributed by atoms with van der Waals surface area (Å²) in [6, 6.07) is 8.72. The molecule has 0 fully saturated rings. The standard InChI is InChI=1S/C15H11Cl3FNO2/c16-11-5-13(18)14(6-12(11)17)22-8-15(21)20-7-9-1-3-10(19)4-2-9/h1-6H,7-8H2,(H,20,21). The van der Waals surface area contributed by atoms with Crippen molar-refractivity contribution in [2.45, 2.75) is 6.54 Å². The fourth-order valence-electron chi connectivity index (χ4n) is 1.61. The number of carbonyl (C=O) groups is 1. The highest BCUT2D eigenvalue weighted by Gasteiger charge is 2.09. The molecule has 0 heterocycles. The maximum Gasteiger partial charge on any atom is 0.258 e. The molecule has 0 bridgehead atoms. The number of carbonyl (C=O) groups excluding carboxylic acids is 1. The molecule has 0 aromatic heterocycles. The molecule has 0 spiro atoms. The Labute approximate surface area is 141 Å². The molecule has 22 heavy (non-hydrogen) atoms. The van der Waals surface area contributed by atoms with Gasteiger partial charge in [0.05, 0.1) is 15.1 Å². The van der Waals surface area contributed by atoms with E-state index >= 15 is 0 Å². The van der Waals surface area contributed by atoms with Crippen LogP contribution in [-0.4, -0.2) is 12.5 Å². The average Bonchev–Trinajstić information content (AvgIpc) is 2.49. The van der Waals surface area contributed by atoms with Gasteiger partial charge in [0.15, 0.2) is 6.61 Å². The second-order valence-corrected chi connectivity index (χ2v) is 5.61. The van der Waals surface area contributed by atoms with Gasteiger partial charge in [-0.25, -0.2) is 4.39 Å². The predicted molar refractivity (Wildman–Crippen MR) is 85.2 cm³/mol. The molecule has 2 aromatic rings. The number of halogens is 4. The van der Waals surface area contributed by atoms with Crippen LogP contribution in [0.3, 0.4) is 0 Å². The van der Waals surface area contributed by atoms with Gasteiger partial charge in [-0.2, -0.15) is 0 Å². The molecule has 2 aromatic carbocycles. The second kappa shape index (κ2) is 7.68. The highest BCUT2D eigenvalue weighted by Crippen LogP contribution is 2.33. The Balaban J connectivity index is 1.85. The molecular formula is C15H11Cl3FNO2. The largest absolute Gasteiger partial charge is 0.482 e. The normalized spacial score (nSPS) is 10.4. The quantitative estimate of drug-likeness (QED) is 0.796. The highest BCUT2D eigenvalue weighted by atomic mass is 35.5. The summed E-state index contributed by atoms with van der Waals surface area (Å²) >= 11 is 17.6. The summed E-state index contributed by atoms with van der Waals surface area (Å²) < 4.78 is 18.0. The van der Waals surface area contributed by atoms with Crippen molar-refractivity contribution in [3.63, 3.8) is 0 Å². The summed E-state index contributed by atoms with van der Waals surface area (Å²) in [5, 5.41) is 3.50. The van der Waals surface area contributed by atoms with E-state index in [1.807, 2.05) is 0 Å². The van der Waals surface area contributed by atoms with Crippen LogP contribution in [-0.2, 0) is 11.3 Å². The van der Waals surface area contributed by atoms with Crippen molar-refractivity contribution >= 4 is 40.7 Å². The van der Waals surface area contributed by atoms with E-state index in [1.54, 1.807) is 12.1 Å². The molecular weight excluding hydrogens is 352 g/mol. The third-order valence-corrected chi connectivity index (χ3v) is 3.75. The van der Waals surface area contributed by atoms with E-state index in [9.17, 15) is 9.18 Å². The van der Waals surface area contributed by atoms with Gasteiger partial charge in [0.1, 0.15) is 11.6 Å². The number of hydrogen-bond acceptors (Lipinski definition) is 2. The first-order valence-corrected chi connectivity index (χ1v) is 7.37.